The van der Waals surface area contributed by atoms with Gasteiger partial charge in [0.15, 0.2) is 9.84 Å². The van der Waals surface area contributed by atoms with Gasteiger partial charge in [0.05, 0.1) is 12.6 Å². The van der Waals surface area contributed by atoms with Gasteiger partial charge in [-0.05, 0) is 31.9 Å². The average Bonchev–Trinajstić information content (AvgIpc) is 2.45. The Labute approximate surface area is 163 Å². The SMILES string of the molecule is Cc1ccc(S(=O)(=O)CCCCCCCCCC(I)I)cc1. The minimum absolute atomic E-state index is 0.279. The highest BCUT2D eigenvalue weighted by Crippen LogP contribution is 2.19. The first-order valence-corrected chi connectivity index (χ1v) is 12.1. The number of hydrogen-bond acceptors (Lipinski definition) is 2. The summed E-state index contributed by atoms with van der Waals surface area (Å²) >= 11 is 4.93. The minimum atomic E-state index is -3.09. The fourth-order valence-electron chi connectivity index (χ4n) is 2.34. The van der Waals surface area contributed by atoms with Crippen molar-refractivity contribution in [2.75, 3.05) is 5.75 Å². The molecule has 1 aromatic rings. The standard InChI is InChI=1S/C17H26I2O2S/c1-15-10-12-16(13-11-15)22(20,21)14-8-6-4-2-3-5-7-9-17(18)19/h10-13,17H,2-9,14H2,1H3. The van der Waals surface area contributed by atoms with Gasteiger partial charge in [0, 0.05) is 0 Å². The van der Waals surface area contributed by atoms with Crippen LogP contribution < -0.4 is 0 Å². The first kappa shape index (κ1) is 20.7. The fourth-order valence-corrected chi connectivity index (χ4v) is 4.59. The van der Waals surface area contributed by atoms with E-state index in [0.717, 1.165) is 26.8 Å². The van der Waals surface area contributed by atoms with E-state index in [9.17, 15) is 8.42 Å². The van der Waals surface area contributed by atoms with Crippen molar-refractivity contribution >= 4 is 55.0 Å². The van der Waals surface area contributed by atoms with Crippen LogP contribution in [0.2, 0.25) is 0 Å². The molecule has 0 unspecified atom stereocenters. The van der Waals surface area contributed by atoms with Crippen LogP contribution in [0.3, 0.4) is 0 Å². The molecule has 126 valence electrons. The maximum absolute atomic E-state index is 12.2. The van der Waals surface area contributed by atoms with Crippen LogP contribution in [-0.4, -0.2) is 16.1 Å². The lowest BCUT2D eigenvalue weighted by Gasteiger charge is -2.05. The van der Waals surface area contributed by atoms with Crippen LogP contribution in [0.25, 0.3) is 0 Å². The van der Waals surface area contributed by atoms with Gasteiger partial charge >= 0.3 is 0 Å². The normalized spacial score (nSPS) is 12.0. The monoisotopic (exact) mass is 548 g/mol. The molecule has 0 aliphatic heterocycles. The molecular formula is C17H26I2O2S. The van der Waals surface area contributed by atoms with Gasteiger partial charge in [-0.3, -0.25) is 0 Å². The third-order valence-electron chi connectivity index (χ3n) is 3.72. The smallest absolute Gasteiger partial charge is 0.178 e. The number of hydrogen-bond donors (Lipinski definition) is 0. The van der Waals surface area contributed by atoms with Gasteiger partial charge in [-0.15, -0.1) is 0 Å². The lowest BCUT2D eigenvalue weighted by Crippen LogP contribution is -2.06. The Kier molecular flexibility index (Phi) is 10.6. The second-order valence-electron chi connectivity index (χ2n) is 5.79. The van der Waals surface area contributed by atoms with E-state index in [1.807, 2.05) is 19.1 Å². The van der Waals surface area contributed by atoms with E-state index in [-0.39, 0.29) is 5.75 Å². The summed E-state index contributed by atoms with van der Waals surface area (Å²) in [6, 6.07) is 7.17. The highest BCUT2D eigenvalue weighted by Gasteiger charge is 2.13. The zero-order valence-electron chi connectivity index (χ0n) is 13.2. The predicted octanol–water partition coefficient (Wildman–Crippen LogP) is 6.09. The Morgan fingerprint density at radius 2 is 1.36 bits per heavy atom. The molecule has 5 heteroatoms. The first-order valence-electron chi connectivity index (χ1n) is 7.99. The molecule has 0 N–H and O–H groups in total. The average molecular weight is 548 g/mol. The maximum Gasteiger partial charge on any atom is 0.178 e. The van der Waals surface area contributed by atoms with Crippen molar-refractivity contribution in [2.45, 2.75) is 65.1 Å². The lowest BCUT2D eigenvalue weighted by molar-refractivity contribution is 0.573. The second kappa shape index (κ2) is 11.2. The van der Waals surface area contributed by atoms with Crippen LogP contribution in [0.1, 0.15) is 56.9 Å². The van der Waals surface area contributed by atoms with Crippen LogP contribution in [0, 0.1) is 6.92 Å². The maximum atomic E-state index is 12.2. The molecule has 0 aliphatic carbocycles. The van der Waals surface area contributed by atoms with Crippen LogP contribution in [0.15, 0.2) is 29.2 Å². The Balaban J connectivity index is 2.12. The van der Waals surface area contributed by atoms with Crippen molar-refractivity contribution in [3.05, 3.63) is 29.8 Å². The Morgan fingerprint density at radius 1 is 0.864 bits per heavy atom. The van der Waals surface area contributed by atoms with Crippen LogP contribution in [-0.2, 0) is 9.84 Å². The number of rotatable bonds is 11. The molecule has 0 saturated heterocycles. The van der Waals surface area contributed by atoms with Gasteiger partial charge in [-0.1, -0.05) is 101 Å². The lowest BCUT2D eigenvalue weighted by atomic mass is 10.1. The molecule has 0 spiro atoms. The van der Waals surface area contributed by atoms with E-state index in [1.54, 1.807) is 12.1 Å². The summed E-state index contributed by atoms with van der Waals surface area (Å²) in [5.74, 6) is 0.279. The van der Waals surface area contributed by atoms with E-state index in [1.165, 1.54) is 32.1 Å². The molecule has 0 atom stereocenters. The number of aryl methyl sites for hydroxylation is 1. The number of alkyl halides is 2. The third-order valence-corrected chi connectivity index (χ3v) is 6.78. The second-order valence-corrected chi connectivity index (χ2v) is 13.3. The molecule has 0 bridgehead atoms. The fraction of sp³-hybridized carbons (Fsp3) is 0.647. The van der Waals surface area contributed by atoms with Crippen LogP contribution in [0.5, 0.6) is 0 Å². The van der Waals surface area contributed by atoms with Gasteiger partial charge in [-0.2, -0.15) is 0 Å². The zero-order chi connectivity index (χ0) is 16.4. The molecule has 1 aromatic carbocycles. The molecule has 0 amide bonds. The summed E-state index contributed by atoms with van der Waals surface area (Å²) < 4.78 is 25.1. The summed E-state index contributed by atoms with van der Waals surface area (Å²) in [4.78, 5) is 0.463. The Bertz CT molecular complexity index is 510. The van der Waals surface area contributed by atoms with Gasteiger partial charge < -0.3 is 0 Å². The Morgan fingerprint density at radius 3 is 1.91 bits per heavy atom. The summed E-state index contributed by atoms with van der Waals surface area (Å²) in [5, 5.41) is 0. The number of halogens is 2. The summed E-state index contributed by atoms with van der Waals surface area (Å²) in [6.45, 7) is 1.97. The van der Waals surface area contributed by atoms with Crippen molar-refractivity contribution in [3.8, 4) is 0 Å². The molecule has 2 nitrogen and oxygen atoms in total. The molecule has 0 saturated carbocycles. The van der Waals surface area contributed by atoms with Crippen molar-refractivity contribution < 1.29 is 8.42 Å². The first-order chi connectivity index (χ1) is 10.4. The predicted molar refractivity (Wildman–Crippen MR) is 112 cm³/mol. The topological polar surface area (TPSA) is 34.1 Å². The van der Waals surface area contributed by atoms with Gasteiger partial charge in [0.1, 0.15) is 0 Å². The molecule has 0 aromatic heterocycles. The van der Waals surface area contributed by atoms with Gasteiger partial charge in [0.2, 0.25) is 0 Å². The molecular weight excluding hydrogens is 522 g/mol. The van der Waals surface area contributed by atoms with Gasteiger partial charge in [-0.25, -0.2) is 8.42 Å². The molecule has 0 radical (unpaired) electrons. The molecule has 0 aliphatic rings. The number of sulfone groups is 1. The van der Waals surface area contributed by atoms with E-state index in [0.29, 0.717) is 4.90 Å². The van der Waals surface area contributed by atoms with Crippen molar-refractivity contribution in [2.24, 2.45) is 0 Å². The summed E-state index contributed by atoms with van der Waals surface area (Å²) in [6.07, 6.45) is 9.40. The van der Waals surface area contributed by atoms with E-state index >= 15 is 0 Å². The number of unbranched alkanes of at least 4 members (excludes halogenated alkanes) is 6. The Hall–Kier alpha value is 0.630. The van der Waals surface area contributed by atoms with Gasteiger partial charge in [0.25, 0.3) is 0 Å². The van der Waals surface area contributed by atoms with Crippen LogP contribution in [0.4, 0.5) is 0 Å². The van der Waals surface area contributed by atoms with E-state index < -0.39 is 9.84 Å². The van der Waals surface area contributed by atoms with Crippen molar-refractivity contribution in [3.63, 3.8) is 0 Å². The van der Waals surface area contributed by atoms with E-state index in [2.05, 4.69) is 45.2 Å². The highest BCUT2D eigenvalue weighted by atomic mass is 127. The van der Waals surface area contributed by atoms with Crippen LogP contribution >= 0.6 is 45.2 Å². The van der Waals surface area contributed by atoms with E-state index in [4.69, 9.17) is 0 Å². The largest absolute Gasteiger partial charge is 0.224 e. The summed E-state index contributed by atoms with van der Waals surface area (Å²) in [7, 11) is -3.09. The zero-order valence-corrected chi connectivity index (χ0v) is 18.4. The number of benzene rings is 1. The molecule has 1 rings (SSSR count). The van der Waals surface area contributed by atoms with Crippen molar-refractivity contribution in [1.82, 2.24) is 0 Å². The summed E-state index contributed by atoms with van der Waals surface area (Å²) in [5.41, 5.74) is 1.09. The molecule has 0 heterocycles. The minimum Gasteiger partial charge on any atom is -0.224 e. The third kappa shape index (κ3) is 9.05. The highest BCUT2D eigenvalue weighted by molar-refractivity contribution is 14.2. The molecule has 0 fully saturated rings. The quantitative estimate of drug-likeness (QED) is 0.191. The molecule has 22 heavy (non-hydrogen) atoms. The van der Waals surface area contributed by atoms with Crippen molar-refractivity contribution in [1.29, 1.82) is 0 Å².